The van der Waals surface area contributed by atoms with Gasteiger partial charge in [0.1, 0.15) is 0 Å². The third-order valence-corrected chi connectivity index (χ3v) is 5.41. The second-order valence-corrected chi connectivity index (χ2v) is 6.87. The van der Waals surface area contributed by atoms with Crippen LogP contribution in [0.1, 0.15) is 31.4 Å². The molecule has 0 fully saturated rings. The van der Waals surface area contributed by atoms with Crippen LogP contribution in [0.15, 0.2) is 54.6 Å². The topological polar surface area (TPSA) is 40.6 Å². The molecule has 0 N–H and O–H groups in total. The predicted molar refractivity (Wildman–Crippen MR) is 104 cm³/mol. The van der Waals surface area contributed by atoms with Gasteiger partial charge in [-0.15, -0.1) is 0 Å². The quantitative estimate of drug-likeness (QED) is 0.801. The van der Waals surface area contributed by atoms with E-state index in [9.17, 15) is 9.59 Å². The smallest absolute Gasteiger partial charge is 0.238 e. The van der Waals surface area contributed by atoms with E-state index in [1.54, 1.807) is 16.8 Å². The van der Waals surface area contributed by atoms with Crippen LogP contribution >= 0.6 is 0 Å². The highest BCUT2D eigenvalue weighted by atomic mass is 16.2. The molecule has 1 atom stereocenters. The number of carbonyl (C=O) groups is 2. The molecule has 26 heavy (non-hydrogen) atoms. The van der Waals surface area contributed by atoms with Gasteiger partial charge >= 0.3 is 0 Å². The molecule has 0 aliphatic carbocycles. The van der Waals surface area contributed by atoms with Gasteiger partial charge in [-0.05, 0) is 37.5 Å². The van der Waals surface area contributed by atoms with E-state index in [-0.39, 0.29) is 18.2 Å². The summed E-state index contributed by atoms with van der Waals surface area (Å²) < 4.78 is 0. The highest BCUT2D eigenvalue weighted by Crippen LogP contribution is 2.45. The Morgan fingerprint density at radius 2 is 1.62 bits per heavy atom. The molecule has 0 saturated carbocycles. The lowest BCUT2D eigenvalue weighted by Crippen LogP contribution is -2.45. The number of benzene rings is 2. The van der Waals surface area contributed by atoms with E-state index < -0.39 is 5.41 Å². The van der Waals surface area contributed by atoms with E-state index >= 15 is 0 Å². The number of nitrogens with zero attached hydrogens (tertiary/aromatic N) is 2. The number of likely N-dealkylation sites (N-methyl/N-ethyl adjacent to an activating group) is 1. The van der Waals surface area contributed by atoms with Gasteiger partial charge in [0.2, 0.25) is 11.8 Å². The van der Waals surface area contributed by atoms with Crippen LogP contribution in [-0.2, 0) is 21.4 Å². The molecule has 136 valence electrons. The largest absolute Gasteiger partial charge is 0.343 e. The van der Waals surface area contributed by atoms with Crippen molar-refractivity contribution in [1.82, 2.24) is 4.90 Å². The Kier molecular flexibility index (Phi) is 5.12. The molecule has 4 heteroatoms. The van der Waals surface area contributed by atoms with Crippen LogP contribution in [0.5, 0.6) is 0 Å². The zero-order valence-electron chi connectivity index (χ0n) is 15.7. The SMILES string of the molecule is CCN(CC)C(=O)CC1(Cc2ccccc2)C(=O)N(C)c2ccccc21. The first-order valence-electron chi connectivity index (χ1n) is 9.23. The first-order valence-corrected chi connectivity index (χ1v) is 9.23. The van der Waals surface area contributed by atoms with Crippen molar-refractivity contribution in [3.8, 4) is 0 Å². The fraction of sp³-hybridized carbons (Fsp3) is 0.364. The van der Waals surface area contributed by atoms with Crippen molar-refractivity contribution in [3.63, 3.8) is 0 Å². The van der Waals surface area contributed by atoms with Gasteiger partial charge in [-0.1, -0.05) is 48.5 Å². The number of hydrogen-bond acceptors (Lipinski definition) is 2. The lowest BCUT2D eigenvalue weighted by atomic mass is 9.73. The number of carbonyl (C=O) groups excluding carboxylic acids is 2. The third-order valence-electron chi connectivity index (χ3n) is 5.41. The second-order valence-electron chi connectivity index (χ2n) is 6.87. The number of rotatable bonds is 6. The Hall–Kier alpha value is -2.62. The maximum atomic E-state index is 13.4. The number of para-hydroxylation sites is 1. The van der Waals surface area contributed by atoms with E-state index in [1.165, 1.54) is 0 Å². The Bertz CT molecular complexity index is 799. The zero-order chi connectivity index (χ0) is 18.7. The fourth-order valence-electron chi connectivity index (χ4n) is 4.01. The maximum absolute atomic E-state index is 13.4. The molecule has 2 aromatic rings. The normalized spacial score (nSPS) is 18.7. The Morgan fingerprint density at radius 1 is 1.00 bits per heavy atom. The van der Waals surface area contributed by atoms with Crippen LogP contribution in [0.2, 0.25) is 0 Å². The highest BCUT2D eigenvalue weighted by Gasteiger charge is 2.51. The molecule has 4 nitrogen and oxygen atoms in total. The third kappa shape index (κ3) is 3.00. The molecule has 0 spiro atoms. The summed E-state index contributed by atoms with van der Waals surface area (Å²) in [7, 11) is 1.80. The van der Waals surface area contributed by atoms with E-state index in [4.69, 9.17) is 0 Å². The Labute approximate surface area is 155 Å². The van der Waals surface area contributed by atoms with Crippen LogP contribution in [0.25, 0.3) is 0 Å². The summed E-state index contributed by atoms with van der Waals surface area (Å²) in [6.07, 6.45) is 0.727. The average Bonchev–Trinajstić information content (AvgIpc) is 2.86. The molecule has 0 radical (unpaired) electrons. The van der Waals surface area contributed by atoms with Gasteiger partial charge < -0.3 is 9.80 Å². The molecule has 1 aliphatic rings. The van der Waals surface area contributed by atoms with E-state index in [2.05, 4.69) is 0 Å². The van der Waals surface area contributed by atoms with Gasteiger partial charge in [-0.3, -0.25) is 9.59 Å². The monoisotopic (exact) mass is 350 g/mol. The molecule has 2 amide bonds. The van der Waals surface area contributed by atoms with Crippen molar-refractivity contribution < 1.29 is 9.59 Å². The van der Waals surface area contributed by atoms with Crippen LogP contribution in [0.4, 0.5) is 5.69 Å². The summed E-state index contributed by atoms with van der Waals surface area (Å²) in [4.78, 5) is 29.9. The van der Waals surface area contributed by atoms with Gasteiger partial charge in [0.15, 0.2) is 0 Å². The van der Waals surface area contributed by atoms with Crippen molar-refractivity contribution in [2.75, 3.05) is 25.0 Å². The predicted octanol–water partition coefficient (Wildman–Crippen LogP) is 3.40. The Balaban J connectivity index is 2.08. The molecule has 1 aliphatic heterocycles. The molecule has 3 rings (SSSR count). The summed E-state index contributed by atoms with van der Waals surface area (Å²) in [6, 6.07) is 17.8. The van der Waals surface area contributed by atoms with Gasteiger partial charge in [0.05, 0.1) is 5.41 Å². The first-order chi connectivity index (χ1) is 12.5. The molecular weight excluding hydrogens is 324 g/mol. The van der Waals surface area contributed by atoms with Crippen molar-refractivity contribution in [2.24, 2.45) is 0 Å². The zero-order valence-corrected chi connectivity index (χ0v) is 15.7. The minimum absolute atomic E-state index is 0.00283. The number of hydrogen-bond donors (Lipinski definition) is 0. The number of anilines is 1. The Morgan fingerprint density at radius 3 is 2.27 bits per heavy atom. The van der Waals surface area contributed by atoms with Crippen LogP contribution in [0, 0.1) is 0 Å². The summed E-state index contributed by atoms with van der Waals surface area (Å²) in [5, 5.41) is 0. The minimum atomic E-state index is -0.841. The number of amides is 2. The molecule has 1 unspecified atom stereocenters. The van der Waals surface area contributed by atoms with Crippen LogP contribution in [-0.4, -0.2) is 36.9 Å². The van der Waals surface area contributed by atoms with Gasteiger partial charge in [-0.25, -0.2) is 0 Å². The van der Waals surface area contributed by atoms with Gasteiger partial charge in [0.25, 0.3) is 0 Å². The highest BCUT2D eigenvalue weighted by molar-refractivity contribution is 6.09. The summed E-state index contributed by atoms with van der Waals surface area (Å²) in [5.74, 6) is 0.0347. The lowest BCUT2D eigenvalue weighted by molar-refractivity contribution is -0.136. The minimum Gasteiger partial charge on any atom is -0.343 e. The number of fused-ring (bicyclic) bond motifs is 1. The molecule has 0 saturated heterocycles. The van der Waals surface area contributed by atoms with Crippen LogP contribution < -0.4 is 4.90 Å². The molecule has 2 aromatic carbocycles. The van der Waals surface area contributed by atoms with Crippen molar-refractivity contribution >= 4 is 17.5 Å². The first kappa shape index (κ1) is 18.2. The van der Waals surface area contributed by atoms with Crippen molar-refractivity contribution in [2.45, 2.75) is 32.1 Å². The van der Waals surface area contributed by atoms with Crippen molar-refractivity contribution in [3.05, 3.63) is 65.7 Å². The lowest BCUT2D eigenvalue weighted by Gasteiger charge is -2.30. The van der Waals surface area contributed by atoms with Crippen molar-refractivity contribution in [1.29, 1.82) is 0 Å². The van der Waals surface area contributed by atoms with Crippen LogP contribution in [0.3, 0.4) is 0 Å². The second kappa shape index (κ2) is 7.32. The van der Waals surface area contributed by atoms with E-state index in [1.807, 2.05) is 68.4 Å². The fourth-order valence-corrected chi connectivity index (χ4v) is 4.01. The molecule has 1 heterocycles. The average molecular weight is 350 g/mol. The molecule has 0 aromatic heterocycles. The summed E-state index contributed by atoms with van der Waals surface area (Å²) in [6.45, 7) is 5.26. The summed E-state index contributed by atoms with van der Waals surface area (Å²) in [5.41, 5.74) is 2.09. The van der Waals surface area contributed by atoms with E-state index in [0.717, 1.165) is 16.8 Å². The van der Waals surface area contributed by atoms with Gasteiger partial charge in [0, 0.05) is 32.2 Å². The standard InChI is InChI=1S/C22H26N2O2/c1-4-24(5-2)20(25)16-22(15-17-11-7-6-8-12-17)18-13-9-10-14-19(18)23(3)21(22)26/h6-14H,4-5,15-16H2,1-3H3. The summed E-state index contributed by atoms with van der Waals surface area (Å²) >= 11 is 0. The van der Waals surface area contributed by atoms with E-state index in [0.29, 0.717) is 19.5 Å². The maximum Gasteiger partial charge on any atom is 0.238 e. The molecule has 0 bridgehead atoms. The molecular formula is C22H26N2O2. The van der Waals surface area contributed by atoms with Gasteiger partial charge in [-0.2, -0.15) is 0 Å².